The fourth-order valence-electron chi connectivity index (χ4n) is 8.75. The lowest BCUT2D eigenvalue weighted by atomic mass is 9.46. The summed E-state index contributed by atoms with van der Waals surface area (Å²) in [6, 6.07) is 9.84. The van der Waals surface area contributed by atoms with Crippen molar-refractivity contribution in [3.05, 3.63) is 47.0 Å². The summed E-state index contributed by atoms with van der Waals surface area (Å²) in [5.74, 6) is -1.35. The van der Waals surface area contributed by atoms with Crippen molar-refractivity contribution in [2.75, 3.05) is 6.61 Å². The minimum absolute atomic E-state index is 0.332. The van der Waals surface area contributed by atoms with Gasteiger partial charge in [0.25, 0.3) is 0 Å². The molecule has 2 heterocycles. The minimum Gasteiger partial charge on any atom is -0.393 e. The zero-order valence-electron chi connectivity index (χ0n) is 22.9. The summed E-state index contributed by atoms with van der Waals surface area (Å²) in [6.45, 7) is 11.9. The van der Waals surface area contributed by atoms with E-state index in [2.05, 4.69) is 20.8 Å². The zero-order chi connectivity index (χ0) is 26.6. The molecule has 0 unspecified atom stereocenters. The van der Waals surface area contributed by atoms with Crippen LogP contribution in [0, 0.1) is 16.7 Å². The molecule has 0 amide bonds. The molecule has 3 N–H and O–H groups in total. The van der Waals surface area contributed by atoms with Crippen LogP contribution in [0.2, 0.25) is 0 Å². The van der Waals surface area contributed by atoms with Gasteiger partial charge < -0.3 is 34.3 Å². The first-order chi connectivity index (χ1) is 17.3. The molecule has 5 aliphatic rings. The van der Waals surface area contributed by atoms with Gasteiger partial charge in [-0.05, 0) is 51.2 Å². The number of hydrogen-bond acceptors (Lipinski definition) is 7. The highest BCUT2D eigenvalue weighted by Crippen LogP contribution is 2.68. The number of rotatable bonds is 2. The fraction of sp³-hybridized carbons (Fsp3) is 0.733. The summed E-state index contributed by atoms with van der Waals surface area (Å²) in [6.07, 6.45) is -0.494. The van der Waals surface area contributed by atoms with Gasteiger partial charge in [0.2, 0.25) is 0 Å². The standard InChI is InChI=1S/C30H42O7/c1-17-19(32)15-30-24(34-25(37-30)18-11-8-7-9-12-18)22-28(6,13-10-14-29(22,33)16-31)23-21(20(17)26(30,2)3)35-27(4,5)36-23/h7-9,11-12,19,21-25,31-33H,10,13-16H2,1-6H3/t19-,21+,22-,23-,24-,25-,28+,29+,30+/m0/s1. The Kier molecular flexibility index (Phi) is 5.68. The first-order valence-corrected chi connectivity index (χ1v) is 13.8. The van der Waals surface area contributed by atoms with E-state index in [1.165, 1.54) is 0 Å². The van der Waals surface area contributed by atoms with Crippen LogP contribution in [0.1, 0.15) is 79.1 Å². The number of aliphatic hydroxyl groups is 3. The van der Waals surface area contributed by atoms with Crippen molar-refractivity contribution in [1.29, 1.82) is 0 Å². The summed E-state index contributed by atoms with van der Waals surface area (Å²) in [4.78, 5) is 0. The largest absolute Gasteiger partial charge is 0.393 e. The molecule has 2 saturated heterocycles. The predicted molar refractivity (Wildman–Crippen MR) is 136 cm³/mol. The Labute approximate surface area is 219 Å². The molecule has 2 bridgehead atoms. The molecule has 7 nitrogen and oxygen atoms in total. The number of fused-ring (bicyclic) bond motifs is 6. The zero-order valence-corrected chi connectivity index (χ0v) is 22.9. The topological polar surface area (TPSA) is 97.6 Å². The van der Waals surface area contributed by atoms with Gasteiger partial charge in [-0.2, -0.15) is 0 Å². The molecule has 204 valence electrons. The molecule has 6 rings (SSSR count). The highest BCUT2D eigenvalue weighted by Gasteiger charge is 2.75. The number of benzene rings is 1. The molecular weight excluding hydrogens is 472 g/mol. The maximum Gasteiger partial charge on any atom is 0.185 e. The van der Waals surface area contributed by atoms with E-state index < -0.39 is 64.4 Å². The normalized spacial score (nSPS) is 48.0. The van der Waals surface area contributed by atoms with Crippen LogP contribution in [0.5, 0.6) is 0 Å². The van der Waals surface area contributed by atoms with Crippen molar-refractivity contribution in [3.63, 3.8) is 0 Å². The van der Waals surface area contributed by atoms with Crippen LogP contribution >= 0.6 is 0 Å². The Bertz CT molecular complexity index is 1100. The lowest BCUT2D eigenvalue weighted by molar-refractivity contribution is -0.238. The number of aliphatic hydroxyl groups excluding tert-OH is 2. The SMILES string of the molecule is CC1=C2[C@H]3OC(C)(C)O[C@@H]3[C@]3(C)CCC[C@@](O)(CO)[C@H]3[C@@H]3O[C@H](c4ccccc4)O[C@@]3(C[C@@H]1O)C2(C)C. The molecule has 0 radical (unpaired) electrons. The lowest BCUT2D eigenvalue weighted by Crippen LogP contribution is -2.72. The van der Waals surface area contributed by atoms with Crippen LogP contribution in [-0.4, -0.2) is 63.3 Å². The van der Waals surface area contributed by atoms with Gasteiger partial charge in [-0.25, -0.2) is 0 Å². The molecule has 1 spiro atoms. The van der Waals surface area contributed by atoms with Crippen molar-refractivity contribution in [3.8, 4) is 0 Å². The molecule has 7 heteroatoms. The summed E-state index contributed by atoms with van der Waals surface area (Å²) in [7, 11) is 0. The fourth-order valence-corrected chi connectivity index (χ4v) is 8.75. The van der Waals surface area contributed by atoms with Crippen LogP contribution in [0.25, 0.3) is 0 Å². The van der Waals surface area contributed by atoms with Crippen LogP contribution in [0.15, 0.2) is 41.5 Å². The second-order valence-corrected chi connectivity index (χ2v) is 13.3. The first kappa shape index (κ1) is 25.9. The maximum absolute atomic E-state index is 12.1. The van der Waals surface area contributed by atoms with Crippen molar-refractivity contribution >= 4 is 0 Å². The molecule has 37 heavy (non-hydrogen) atoms. The maximum atomic E-state index is 12.1. The van der Waals surface area contributed by atoms with E-state index in [9.17, 15) is 15.3 Å². The predicted octanol–water partition coefficient (Wildman–Crippen LogP) is 4.01. The third kappa shape index (κ3) is 3.38. The van der Waals surface area contributed by atoms with Crippen LogP contribution in [0.3, 0.4) is 0 Å². The molecule has 1 aromatic carbocycles. The molecule has 4 fully saturated rings. The summed E-state index contributed by atoms with van der Waals surface area (Å²) >= 11 is 0. The van der Waals surface area contributed by atoms with Gasteiger partial charge in [-0.1, -0.05) is 51.1 Å². The summed E-state index contributed by atoms with van der Waals surface area (Å²) < 4.78 is 27.3. The number of ether oxygens (including phenoxy) is 4. The van der Waals surface area contributed by atoms with Crippen LogP contribution in [0.4, 0.5) is 0 Å². The Morgan fingerprint density at radius 3 is 2.32 bits per heavy atom. The minimum atomic E-state index is -1.39. The highest BCUT2D eigenvalue weighted by molar-refractivity contribution is 5.40. The molecule has 0 aromatic heterocycles. The average Bonchev–Trinajstić information content (AvgIpc) is 3.36. The van der Waals surface area contributed by atoms with E-state index in [4.69, 9.17) is 18.9 Å². The molecule has 1 aromatic rings. The Morgan fingerprint density at radius 2 is 1.65 bits per heavy atom. The molecule has 2 aliphatic heterocycles. The summed E-state index contributed by atoms with van der Waals surface area (Å²) in [5.41, 5.74) is -0.768. The highest BCUT2D eigenvalue weighted by atomic mass is 16.8. The Balaban J connectivity index is 1.63. The van der Waals surface area contributed by atoms with Crippen molar-refractivity contribution < 1.29 is 34.3 Å². The van der Waals surface area contributed by atoms with Gasteiger partial charge in [0.15, 0.2) is 12.1 Å². The molecule has 9 atom stereocenters. The van der Waals surface area contributed by atoms with Gasteiger partial charge in [-0.15, -0.1) is 0 Å². The third-order valence-electron chi connectivity index (χ3n) is 10.5. The molecular formula is C30H42O7. The van der Waals surface area contributed by atoms with Crippen molar-refractivity contribution in [1.82, 2.24) is 0 Å². The summed E-state index contributed by atoms with van der Waals surface area (Å²) in [5, 5.41) is 34.3. The quantitative estimate of drug-likeness (QED) is 0.513. The van der Waals surface area contributed by atoms with Crippen LogP contribution < -0.4 is 0 Å². The van der Waals surface area contributed by atoms with E-state index in [-0.39, 0.29) is 6.61 Å². The molecule has 2 saturated carbocycles. The van der Waals surface area contributed by atoms with E-state index in [1.54, 1.807) is 0 Å². The monoisotopic (exact) mass is 514 g/mol. The van der Waals surface area contributed by atoms with E-state index in [1.807, 2.05) is 51.1 Å². The number of hydrogen-bond donors (Lipinski definition) is 3. The second kappa shape index (κ2) is 8.10. The van der Waals surface area contributed by atoms with Gasteiger partial charge in [-0.3, -0.25) is 0 Å². The van der Waals surface area contributed by atoms with Crippen LogP contribution in [-0.2, 0) is 18.9 Å². The average molecular weight is 515 g/mol. The van der Waals surface area contributed by atoms with Gasteiger partial charge in [0, 0.05) is 28.7 Å². The second-order valence-electron chi connectivity index (χ2n) is 13.3. The molecule has 3 aliphatic carbocycles. The first-order valence-electron chi connectivity index (χ1n) is 13.8. The van der Waals surface area contributed by atoms with E-state index in [0.29, 0.717) is 12.8 Å². The third-order valence-corrected chi connectivity index (χ3v) is 10.5. The van der Waals surface area contributed by atoms with Crippen molar-refractivity contribution in [2.24, 2.45) is 16.7 Å². The lowest BCUT2D eigenvalue weighted by Gasteiger charge is -2.63. The smallest absolute Gasteiger partial charge is 0.185 e. The van der Waals surface area contributed by atoms with Gasteiger partial charge in [0.05, 0.1) is 30.5 Å². The van der Waals surface area contributed by atoms with Gasteiger partial charge >= 0.3 is 0 Å². The Morgan fingerprint density at radius 1 is 0.946 bits per heavy atom. The van der Waals surface area contributed by atoms with Crippen molar-refractivity contribution in [2.45, 2.75) is 115 Å². The van der Waals surface area contributed by atoms with E-state index >= 15 is 0 Å². The van der Waals surface area contributed by atoms with Gasteiger partial charge in [0.1, 0.15) is 11.7 Å². The Hall–Kier alpha value is -1.32. The van der Waals surface area contributed by atoms with E-state index in [0.717, 1.165) is 29.6 Å².